The van der Waals surface area contributed by atoms with E-state index < -0.39 is 23.2 Å². The van der Waals surface area contributed by atoms with E-state index in [-0.39, 0.29) is 17.9 Å². The minimum Gasteiger partial charge on any atom is -0.465 e. The van der Waals surface area contributed by atoms with Crippen LogP contribution in [-0.4, -0.2) is 59.2 Å². The molecule has 1 saturated carbocycles. The van der Waals surface area contributed by atoms with Crippen molar-refractivity contribution < 1.29 is 27.9 Å². The highest BCUT2D eigenvalue weighted by atomic mass is 19.4. The van der Waals surface area contributed by atoms with Crippen LogP contribution in [-0.2, 0) is 11.0 Å². The van der Waals surface area contributed by atoms with Gasteiger partial charge in [0.05, 0.1) is 22.9 Å². The average Bonchev–Trinajstić information content (AvgIpc) is 3.11. The van der Waals surface area contributed by atoms with E-state index >= 15 is 0 Å². The predicted octanol–water partition coefficient (Wildman–Crippen LogP) is 3.21. The summed E-state index contributed by atoms with van der Waals surface area (Å²) in [6.45, 7) is 5.60. The molecule has 1 aromatic rings. The molecule has 2 amide bonds. The highest BCUT2D eigenvalue weighted by molar-refractivity contribution is 5.84. The number of halogens is 3. The smallest absolute Gasteiger partial charge is 0.417 e. The van der Waals surface area contributed by atoms with Crippen LogP contribution in [0.3, 0.4) is 0 Å². The Balaban J connectivity index is 1.67. The monoisotopic (exact) mass is 428 g/mol. The molecule has 10 heteroatoms. The van der Waals surface area contributed by atoms with Gasteiger partial charge in [-0.05, 0) is 31.2 Å². The van der Waals surface area contributed by atoms with Crippen LogP contribution < -0.4 is 10.2 Å². The van der Waals surface area contributed by atoms with E-state index in [1.807, 2.05) is 13.8 Å². The Bertz CT molecular complexity index is 794. The fourth-order valence-corrected chi connectivity index (χ4v) is 4.58. The summed E-state index contributed by atoms with van der Waals surface area (Å²) in [4.78, 5) is 31.7. The quantitative estimate of drug-likeness (QED) is 0.769. The number of carbonyl (C=O) groups excluding carboxylic acids is 1. The van der Waals surface area contributed by atoms with Gasteiger partial charge in [0.2, 0.25) is 5.91 Å². The van der Waals surface area contributed by atoms with Crippen LogP contribution in [0.1, 0.15) is 38.7 Å². The van der Waals surface area contributed by atoms with Gasteiger partial charge in [-0.2, -0.15) is 13.2 Å². The van der Waals surface area contributed by atoms with Gasteiger partial charge in [0.25, 0.3) is 0 Å². The molecule has 2 heterocycles. The van der Waals surface area contributed by atoms with Crippen LogP contribution in [0.25, 0.3) is 0 Å². The van der Waals surface area contributed by atoms with Crippen molar-refractivity contribution in [2.24, 2.45) is 11.3 Å². The zero-order valence-corrected chi connectivity index (χ0v) is 17.1. The molecule has 2 fully saturated rings. The van der Waals surface area contributed by atoms with E-state index in [0.717, 1.165) is 12.3 Å². The maximum Gasteiger partial charge on any atom is 0.417 e. The molecule has 1 saturated heterocycles. The van der Waals surface area contributed by atoms with Crippen molar-refractivity contribution in [1.82, 2.24) is 15.2 Å². The van der Waals surface area contributed by atoms with Crippen LogP contribution in [0.5, 0.6) is 0 Å². The van der Waals surface area contributed by atoms with Gasteiger partial charge < -0.3 is 20.2 Å². The SMILES string of the molecule is CC(C)[C@]1(C(=O)N2CCN(c3cncc(C(F)(F)F)c3)CC2)CC[C@@H](NC(=O)O)C1. The molecule has 2 aliphatic rings. The van der Waals surface area contributed by atoms with Crippen molar-refractivity contribution in [3.8, 4) is 0 Å². The highest BCUT2D eigenvalue weighted by Crippen LogP contribution is 2.46. The lowest BCUT2D eigenvalue weighted by atomic mass is 9.74. The molecule has 1 aliphatic heterocycles. The number of piperazine rings is 1. The fraction of sp³-hybridized carbons (Fsp3) is 0.650. The number of rotatable bonds is 4. The standard InChI is InChI=1S/C20H27F3N4O3/c1-13(2)19(4-3-15(10-19)25-18(29)30)17(28)27-7-5-26(6-8-27)16-9-14(11-24-12-16)20(21,22)23/h9,11-13,15,25H,3-8,10H2,1-2H3,(H,29,30)/t15-,19+/m1/s1. The van der Waals surface area contributed by atoms with Crippen LogP contribution in [0.15, 0.2) is 18.5 Å². The number of alkyl halides is 3. The van der Waals surface area contributed by atoms with Crippen LogP contribution in [0.2, 0.25) is 0 Å². The van der Waals surface area contributed by atoms with Gasteiger partial charge in [-0.3, -0.25) is 9.78 Å². The molecule has 0 spiro atoms. The minimum atomic E-state index is -4.45. The molecule has 2 atom stereocenters. The molecular formula is C20H27F3N4O3. The topological polar surface area (TPSA) is 85.8 Å². The first kappa shape index (κ1) is 22.2. The van der Waals surface area contributed by atoms with Crippen molar-refractivity contribution in [2.45, 2.75) is 45.3 Å². The van der Waals surface area contributed by atoms with Gasteiger partial charge in [0, 0.05) is 38.4 Å². The average molecular weight is 428 g/mol. The van der Waals surface area contributed by atoms with Gasteiger partial charge in [-0.15, -0.1) is 0 Å². The van der Waals surface area contributed by atoms with Crippen LogP contribution in [0, 0.1) is 11.3 Å². The molecular weight excluding hydrogens is 401 g/mol. The normalized spacial score (nSPS) is 24.9. The van der Waals surface area contributed by atoms with Crippen molar-refractivity contribution >= 4 is 17.7 Å². The van der Waals surface area contributed by atoms with Gasteiger partial charge in [-0.25, -0.2) is 4.79 Å². The first-order chi connectivity index (χ1) is 14.0. The zero-order valence-electron chi connectivity index (χ0n) is 17.1. The third-order valence-electron chi connectivity index (χ3n) is 6.39. The lowest BCUT2D eigenvalue weighted by Crippen LogP contribution is -2.54. The molecule has 0 aromatic carbocycles. The molecule has 30 heavy (non-hydrogen) atoms. The number of nitrogens with one attached hydrogen (secondary N) is 1. The Morgan fingerprint density at radius 1 is 1.23 bits per heavy atom. The summed E-state index contributed by atoms with van der Waals surface area (Å²) in [7, 11) is 0. The van der Waals surface area contributed by atoms with Crippen LogP contribution in [0.4, 0.5) is 23.7 Å². The number of carboxylic acid groups (broad SMARTS) is 1. The molecule has 1 aliphatic carbocycles. The molecule has 7 nitrogen and oxygen atoms in total. The van der Waals surface area contributed by atoms with Gasteiger partial charge in [0.15, 0.2) is 0 Å². The van der Waals surface area contributed by atoms with E-state index in [1.54, 1.807) is 9.80 Å². The summed E-state index contributed by atoms with van der Waals surface area (Å²) < 4.78 is 38.9. The lowest BCUT2D eigenvalue weighted by molar-refractivity contribution is -0.145. The van der Waals surface area contributed by atoms with E-state index in [2.05, 4.69) is 10.3 Å². The Labute approximate surface area is 173 Å². The fourth-order valence-electron chi connectivity index (χ4n) is 4.58. The number of hydrogen-bond acceptors (Lipinski definition) is 4. The number of aromatic nitrogens is 1. The Morgan fingerprint density at radius 3 is 2.47 bits per heavy atom. The summed E-state index contributed by atoms with van der Waals surface area (Å²) >= 11 is 0. The number of amides is 2. The van der Waals surface area contributed by atoms with E-state index in [0.29, 0.717) is 51.1 Å². The van der Waals surface area contributed by atoms with Crippen molar-refractivity contribution in [3.05, 3.63) is 24.0 Å². The second-order valence-corrected chi connectivity index (χ2v) is 8.41. The maximum atomic E-state index is 13.4. The summed E-state index contributed by atoms with van der Waals surface area (Å²) in [6.07, 6.45) is -1.63. The summed E-state index contributed by atoms with van der Waals surface area (Å²) in [6, 6.07) is 0.838. The molecule has 166 valence electrons. The Kier molecular flexibility index (Phi) is 6.14. The second kappa shape index (κ2) is 8.31. The van der Waals surface area contributed by atoms with Gasteiger partial charge >= 0.3 is 12.3 Å². The van der Waals surface area contributed by atoms with Crippen LogP contribution >= 0.6 is 0 Å². The number of nitrogens with zero attached hydrogens (tertiary/aromatic N) is 3. The maximum absolute atomic E-state index is 13.4. The first-order valence-electron chi connectivity index (χ1n) is 10.1. The second-order valence-electron chi connectivity index (χ2n) is 8.41. The Morgan fingerprint density at radius 2 is 1.90 bits per heavy atom. The molecule has 0 bridgehead atoms. The summed E-state index contributed by atoms with van der Waals surface area (Å²) in [5, 5.41) is 11.5. The number of hydrogen-bond donors (Lipinski definition) is 2. The third-order valence-corrected chi connectivity index (χ3v) is 6.39. The number of anilines is 1. The summed E-state index contributed by atoms with van der Waals surface area (Å²) in [5.74, 6) is 0.0605. The van der Waals surface area contributed by atoms with Crippen molar-refractivity contribution in [3.63, 3.8) is 0 Å². The predicted molar refractivity (Wildman–Crippen MR) is 104 cm³/mol. The lowest BCUT2D eigenvalue weighted by Gasteiger charge is -2.42. The van der Waals surface area contributed by atoms with Crippen molar-refractivity contribution in [2.75, 3.05) is 31.1 Å². The van der Waals surface area contributed by atoms with Gasteiger partial charge in [0.1, 0.15) is 0 Å². The minimum absolute atomic E-state index is 0.00834. The van der Waals surface area contributed by atoms with E-state index in [4.69, 9.17) is 5.11 Å². The summed E-state index contributed by atoms with van der Waals surface area (Å²) in [5.41, 5.74) is -1.02. The van der Waals surface area contributed by atoms with E-state index in [9.17, 15) is 22.8 Å². The molecule has 0 unspecified atom stereocenters. The largest absolute Gasteiger partial charge is 0.465 e. The van der Waals surface area contributed by atoms with E-state index in [1.165, 1.54) is 6.20 Å². The van der Waals surface area contributed by atoms with Gasteiger partial charge in [-0.1, -0.05) is 13.8 Å². The Hall–Kier alpha value is -2.52. The third kappa shape index (κ3) is 4.46. The molecule has 3 rings (SSSR count). The molecule has 1 aromatic heterocycles. The number of carbonyl (C=O) groups is 2. The molecule has 0 radical (unpaired) electrons. The van der Waals surface area contributed by atoms with Crippen molar-refractivity contribution in [1.29, 1.82) is 0 Å². The zero-order chi connectivity index (χ0) is 22.1. The number of pyridine rings is 1. The first-order valence-corrected chi connectivity index (χ1v) is 10.1. The highest BCUT2D eigenvalue weighted by Gasteiger charge is 2.49. The molecule has 2 N–H and O–H groups in total.